The number of amides is 2. The number of nitrogens with two attached hydrogens (primary N) is 2. The van der Waals surface area contributed by atoms with Crippen LogP contribution in [0.2, 0.25) is 0 Å². The molecule has 2 saturated heterocycles. The van der Waals surface area contributed by atoms with Crippen molar-refractivity contribution in [3.8, 4) is 0 Å². The first-order valence-corrected chi connectivity index (χ1v) is 12.5. The van der Waals surface area contributed by atoms with Crippen molar-refractivity contribution in [3.63, 3.8) is 0 Å². The van der Waals surface area contributed by atoms with Gasteiger partial charge in [-0.25, -0.2) is 4.79 Å². The van der Waals surface area contributed by atoms with Gasteiger partial charge in [-0.2, -0.15) is 13.2 Å². The van der Waals surface area contributed by atoms with Gasteiger partial charge in [0.15, 0.2) is 0 Å². The van der Waals surface area contributed by atoms with Gasteiger partial charge in [0.05, 0.1) is 11.6 Å². The molecule has 8 nitrogen and oxygen atoms in total. The number of carboxylic acid groups (broad SMARTS) is 1. The summed E-state index contributed by atoms with van der Waals surface area (Å²) in [5.41, 5.74) is 9.12. The minimum absolute atomic E-state index is 0.0323. The van der Waals surface area contributed by atoms with Crippen molar-refractivity contribution in [1.82, 2.24) is 15.1 Å². The monoisotopic (exact) mass is 533 g/mol. The molecule has 0 radical (unpaired) electrons. The van der Waals surface area contributed by atoms with E-state index in [2.05, 4.69) is 53.5 Å². The Balaban J connectivity index is 0.000000505. The Morgan fingerprint density at radius 3 is 2.34 bits per heavy atom. The second kappa shape index (κ2) is 12.8. The zero-order valence-corrected chi connectivity index (χ0v) is 21.3. The molecular formula is C27H34F3N5O3. The maximum absolute atomic E-state index is 12.9. The Bertz CT molecular complexity index is 1100. The molecule has 2 heterocycles. The third kappa shape index (κ3) is 7.95. The van der Waals surface area contributed by atoms with E-state index in [9.17, 15) is 18.0 Å². The van der Waals surface area contributed by atoms with Crippen LogP contribution in [0.5, 0.6) is 0 Å². The van der Waals surface area contributed by atoms with Crippen LogP contribution < -0.4 is 21.6 Å². The largest absolute Gasteiger partial charge is 0.542 e. The van der Waals surface area contributed by atoms with E-state index in [-0.39, 0.29) is 12.1 Å². The van der Waals surface area contributed by atoms with Crippen molar-refractivity contribution in [2.75, 3.05) is 26.2 Å². The molecule has 0 saturated carbocycles. The second-order valence-electron chi connectivity index (χ2n) is 9.83. The number of amidine groups is 1. The summed E-state index contributed by atoms with van der Waals surface area (Å²) >= 11 is 0. The average molecular weight is 534 g/mol. The van der Waals surface area contributed by atoms with E-state index in [0.717, 1.165) is 50.1 Å². The summed E-state index contributed by atoms with van der Waals surface area (Å²) in [5, 5.41) is 17.7. The molecule has 11 heteroatoms. The normalized spacial score (nSPS) is 20.7. The molecule has 2 amide bonds. The van der Waals surface area contributed by atoms with E-state index in [0.29, 0.717) is 24.2 Å². The lowest BCUT2D eigenvalue weighted by Gasteiger charge is -2.43. The second-order valence-corrected chi connectivity index (χ2v) is 9.83. The topological polar surface area (TPSA) is 127 Å². The van der Waals surface area contributed by atoms with Crippen LogP contribution in [0.1, 0.15) is 42.5 Å². The van der Waals surface area contributed by atoms with Crippen molar-refractivity contribution in [3.05, 3.63) is 71.3 Å². The molecule has 5 N–H and O–H groups in total. The van der Waals surface area contributed by atoms with E-state index in [1.807, 2.05) is 23.1 Å². The average Bonchev–Trinajstić information content (AvgIpc) is 2.88. The number of carbonyl (C=O) groups excluding carboxylic acids is 2. The highest BCUT2D eigenvalue weighted by molar-refractivity contribution is 5.92. The summed E-state index contributed by atoms with van der Waals surface area (Å²) in [6.07, 6.45) is -2.97. The molecule has 38 heavy (non-hydrogen) atoms. The Morgan fingerprint density at radius 2 is 1.76 bits per heavy atom. The Kier molecular flexibility index (Phi) is 9.73. The van der Waals surface area contributed by atoms with Crippen LogP contribution in [0.3, 0.4) is 0 Å². The molecule has 4 rings (SSSR count). The summed E-state index contributed by atoms with van der Waals surface area (Å²) in [7, 11) is 0. The first-order chi connectivity index (χ1) is 18.0. The minimum Gasteiger partial charge on any atom is -0.542 e. The number of hydrogen-bond donors (Lipinski definition) is 3. The van der Waals surface area contributed by atoms with Crippen molar-refractivity contribution < 1.29 is 33.3 Å². The van der Waals surface area contributed by atoms with Crippen molar-refractivity contribution in [2.24, 2.45) is 17.6 Å². The number of halogens is 3. The fourth-order valence-corrected chi connectivity index (χ4v) is 4.95. The summed E-state index contributed by atoms with van der Waals surface area (Å²) in [4.78, 5) is 26.2. The minimum atomic E-state index is -5.19. The number of aliphatic carboxylic acids is 1. The number of likely N-dealkylation sites (tertiary alicyclic amines) is 1. The van der Waals surface area contributed by atoms with E-state index in [1.54, 1.807) is 0 Å². The summed E-state index contributed by atoms with van der Waals surface area (Å²) in [6, 6.07) is 18.7. The van der Waals surface area contributed by atoms with E-state index in [4.69, 9.17) is 21.0 Å². The SMILES string of the molecule is CC1CNC(=O)N(CC2CCN(Cc3ccccc3)CC2)C1c1cccc(C(N)=[NH2+])c1.O=C([O-])C(F)(F)F. The highest BCUT2D eigenvalue weighted by atomic mass is 19.4. The lowest BCUT2D eigenvalue weighted by molar-refractivity contribution is -0.344. The van der Waals surface area contributed by atoms with E-state index >= 15 is 0 Å². The first-order valence-electron chi connectivity index (χ1n) is 12.5. The molecule has 0 spiro atoms. The molecule has 2 unspecified atom stereocenters. The summed E-state index contributed by atoms with van der Waals surface area (Å²) in [5.74, 6) is -1.87. The number of piperidine rings is 1. The Labute approximate surface area is 220 Å². The van der Waals surface area contributed by atoms with Gasteiger partial charge in [0, 0.05) is 19.6 Å². The molecule has 2 aliphatic rings. The smallest absolute Gasteiger partial charge is 0.430 e. The fraction of sp³-hybridized carbons (Fsp3) is 0.444. The van der Waals surface area contributed by atoms with Gasteiger partial charge in [0.25, 0.3) is 5.84 Å². The number of carbonyl (C=O) groups is 2. The maximum Gasteiger partial charge on any atom is 0.430 e. The van der Waals surface area contributed by atoms with Crippen LogP contribution in [0, 0.1) is 11.8 Å². The van der Waals surface area contributed by atoms with Crippen LogP contribution in [0.4, 0.5) is 18.0 Å². The molecule has 206 valence electrons. The van der Waals surface area contributed by atoms with Crippen LogP contribution in [-0.2, 0) is 11.3 Å². The number of alkyl halides is 3. The number of benzene rings is 2. The standard InChI is InChI=1S/C25H33N5O.C2HF3O2/c1-18-15-28-25(31)30(23(18)21-8-5-9-22(14-21)24(26)27)17-20-10-12-29(13-11-20)16-19-6-3-2-4-7-19;3-2(4,5)1(6)7/h2-9,14,18,20,23H,10-13,15-17H2,1H3,(H3,26,27)(H,28,31);(H,6,7). The quantitative estimate of drug-likeness (QED) is 0.378. The molecule has 0 bridgehead atoms. The maximum atomic E-state index is 12.9. The van der Waals surface area contributed by atoms with Gasteiger partial charge in [-0.15, -0.1) is 0 Å². The molecule has 0 aromatic heterocycles. The van der Waals surface area contributed by atoms with Crippen molar-refractivity contribution in [2.45, 2.75) is 38.5 Å². The number of nitrogens with zero attached hydrogens (tertiary/aromatic N) is 2. The van der Waals surface area contributed by atoms with Crippen molar-refractivity contribution in [1.29, 1.82) is 0 Å². The van der Waals surface area contributed by atoms with Gasteiger partial charge in [-0.05, 0) is 61.0 Å². The van der Waals surface area contributed by atoms with Crippen LogP contribution >= 0.6 is 0 Å². The van der Waals surface area contributed by atoms with E-state index < -0.39 is 12.1 Å². The zero-order valence-electron chi connectivity index (χ0n) is 21.3. The van der Waals surface area contributed by atoms with Gasteiger partial charge in [0.2, 0.25) is 0 Å². The Morgan fingerprint density at radius 1 is 1.13 bits per heavy atom. The molecule has 2 aromatic rings. The fourth-order valence-electron chi connectivity index (χ4n) is 4.95. The van der Waals surface area contributed by atoms with E-state index in [1.165, 1.54) is 5.56 Å². The Hall–Kier alpha value is -3.60. The third-order valence-corrected chi connectivity index (χ3v) is 6.91. The lowest BCUT2D eigenvalue weighted by atomic mass is 9.88. The van der Waals surface area contributed by atoms with Gasteiger partial charge in [-0.1, -0.05) is 49.4 Å². The predicted molar refractivity (Wildman–Crippen MR) is 134 cm³/mol. The molecule has 0 aliphatic carbocycles. The number of carboxylic acids is 1. The number of hydrogen-bond acceptors (Lipinski definition) is 4. The molecule has 2 aliphatic heterocycles. The van der Waals surface area contributed by atoms with Gasteiger partial charge >= 0.3 is 12.2 Å². The molecular weight excluding hydrogens is 499 g/mol. The zero-order chi connectivity index (χ0) is 27.9. The lowest BCUT2D eigenvalue weighted by Crippen LogP contribution is -2.54. The van der Waals surface area contributed by atoms with Crippen LogP contribution in [0.15, 0.2) is 54.6 Å². The predicted octanol–water partition coefficient (Wildman–Crippen LogP) is 1.06. The molecule has 2 aromatic carbocycles. The van der Waals surface area contributed by atoms with Gasteiger partial charge in [-0.3, -0.25) is 16.0 Å². The summed E-state index contributed by atoms with van der Waals surface area (Å²) < 4.78 is 31.5. The van der Waals surface area contributed by atoms with Crippen molar-refractivity contribution >= 4 is 17.8 Å². The third-order valence-electron chi connectivity index (χ3n) is 6.91. The highest BCUT2D eigenvalue weighted by Gasteiger charge is 2.36. The van der Waals surface area contributed by atoms with Gasteiger partial charge < -0.3 is 20.1 Å². The molecule has 2 fully saturated rings. The molecule has 2 atom stereocenters. The van der Waals surface area contributed by atoms with Crippen LogP contribution in [-0.4, -0.2) is 60.0 Å². The van der Waals surface area contributed by atoms with Gasteiger partial charge in [0.1, 0.15) is 5.97 Å². The first kappa shape index (κ1) is 29.0. The number of rotatable bonds is 6. The number of urea groups is 1. The number of nitrogens with one attached hydrogen (secondary N) is 1. The van der Waals surface area contributed by atoms with Crippen LogP contribution in [0.25, 0.3) is 0 Å². The summed E-state index contributed by atoms with van der Waals surface area (Å²) in [6.45, 7) is 6.81. The highest BCUT2D eigenvalue weighted by Crippen LogP contribution is 2.34.